The average molecular weight is 355 g/mol. The van der Waals surface area contributed by atoms with Crippen molar-refractivity contribution in [1.82, 2.24) is 9.21 Å². The van der Waals surface area contributed by atoms with Crippen LogP contribution >= 0.6 is 0 Å². The number of sulfonamides is 1. The molecule has 0 spiro atoms. The van der Waals surface area contributed by atoms with Gasteiger partial charge in [0, 0.05) is 31.7 Å². The summed E-state index contributed by atoms with van der Waals surface area (Å²) >= 11 is 0. The van der Waals surface area contributed by atoms with Gasteiger partial charge in [-0.2, -0.15) is 4.31 Å². The minimum absolute atomic E-state index is 0.127. The molecule has 0 saturated heterocycles. The van der Waals surface area contributed by atoms with Crippen LogP contribution in [-0.2, 0) is 10.0 Å². The highest BCUT2D eigenvalue weighted by molar-refractivity contribution is 7.89. The van der Waals surface area contributed by atoms with Crippen molar-refractivity contribution in [3.05, 3.63) is 29.3 Å². The molecule has 0 aromatic heterocycles. The van der Waals surface area contributed by atoms with E-state index in [-0.39, 0.29) is 16.8 Å². The summed E-state index contributed by atoms with van der Waals surface area (Å²) in [6.45, 7) is 10.4. The molecule has 0 aliphatic rings. The fourth-order valence-electron chi connectivity index (χ4n) is 2.90. The van der Waals surface area contributed by atoms with E-state index in [4.69, 9.17) is 0 Å². The van der Waals surface area contributed by atoms with Crippen LogP contribution in [0.2, 0.25) is 0 Å². The van der Waals surface area contributed by atoms with Crippen LogP contribution in [-0.4, -0.2) is 49.7 Å². The highest BCUT2D eigenvalue weighted by Gasteiger charge is 2.25. The van der Waals surface area contributed by atoms with Crippen molar-refractivity contribution < 1.29 is 13.2 Å². The normalized spacial score (nSPS) is 12.0. The van der Waals surface area contributed by atoms with Gasteiger partial charge in [-0.25, -0.2) is 8.42 Å². The molecular weight excluding hydrogens is 324 g/mol. The topological polar surface area (TPSA) is 57.7 Å². The fourth-order valence-corrected chi connectivity index (χ4v) is 4.38. The molecule has 0 heterocycles. The number of carbonyl (C=O) groups is 1. The minimum Gasteiger partial charge on any atom is -0.339 e. The summed E-state index contributed by atoms with van der Waals surface area (Å²) in [6, 6.07) is 4.96. The third-order valence-electron chi connectivity index (χ3n) is 4.59. The van der Waals surface area contributed by atoms with Gasteiger partial charge in [-0.05, 0) is 37.5 Å². The van der Waals surface area contributed by atoms with Gasteiger partial charge in [0.25, 0.3) is 5.91 Å². The number of carbonyl (C=O) groups excluding carboxylic acids is 1. The number of rotatable bonds is 8. The van der Waals surface area contributed by atoms with E-state index in [1.165, 1.54) is 10.4 Å². The Bertz CT molecular complexity index is 663. The van der Waals surface area contributed by atoms with Crippen LogP contribution < -0.4 is 0 Å². The van der Waals surface area contributed by atoms with Crippen LogP contribution in [0.4, 0.5) is 0 Å². The van der Waals surface area contributed by atoms with Crippen molar-refractivity contribution >= 4 is 15.9 Å². The highest BCUT2D eigenvalue weighted by atomic mass is 32.2. The minimum atomic E-state index is -3.57. The van der Waals surface area contributed by atoms with Crippen LogP contribution in [0.1, 0.15) is 56.5 Å². The molecule has 1 amide bonds. The Morgan fingerprint density at radius 2 is 1.62 bits per heavy atom. The second kappa shape index (κ2) is 8.62. The van der Waals surface area contributed by atoms with Crippen molar-refractivity contribution in [2.75, 3.05) is 20.1 Å². The molecule has 1 rings (SSSR count). The van der Waals surface area contributed by atoms with Gasteiger partial charge in [-0.1, -0.05) is 33.8 Å². The summed E-state index contributed by atoms with van der Waals surface area (Å²) < 4.78 is 26.8. The molecule has 1 aromatic carbocycles. The lowest BCUT2D eigenvalue weighted by Crippen LogP contribution is -2.37. The summed E-state index contributed by atoms with van der Waals surface area (Å²) in [6.07, 6.45) is 1.74. The van der Waals surface area contributed by atoms with Crippen LogP contribution in [0.5, 0.6) is 0 Å². The molecule has 136 valence electrons. The van der Waals surface area contributed by atoms with E-state index in [1.807, 2.05) is 34.6 Å². The zero-order valence-corrected chi connectivity index (χ0v) is 16.5. The lowest BCUT2D eigenvalue weighted by Gasteiger charge is -2.27. The van der Waals surface area contributed by atoms with E-state index in [9.17, 15) is 13.2 Å². The monoisotopic (exact) mass is 354 g/mol. The van der Waals surface area contributed by atoms with Gasteiger partial charge in [0.1, 0.15) is 0 Å². The van der Waals surface area contributed by atoms with Crippen molar-refractivity contribution in [2.24, 2.45) is 0 Å². The lowest BCUT2D eigenvalue weighted by molar-refractivity contribution is 0.0722. The highest BCUT2D eigenvalue weighted by Crippen LogP contribution is 2.21. The summed E-state index contributed by atoms with van der Waals surface area (Å²) in [5.41, 5.74) is 1.24. The van der Waals surface area contributed by atoms with Crippen LogP contribution in [0.15, 0.2) is 23.1 Å². The van der Waals surface area contributed by atoms with E-state index >= 15 is 0 Å². The van der Waals surface area contributed by atoms with E-state index in [0.29, 0.717) is 18.7 Å². The second-order valence-corrected chi connectivity index (χ2v) is 7.89. The zero-order chi connectivity index (χ0) is 18.5. The van der Waals surface area contributed by atoms with Crippen molar-refractivity contribution in [1.29, 1.82) is 0 Å². The Morgan fingerprint density at radius 3 is 2.08 bits per heavy atom. The third-order valence-corrected chi connectivity index (χ3v) is 6.64. The maximum Gasteiger partial charge on any atom is 0.254 e. The van der Waals surface area contributed by atoms with Crippen LogP contribution in [0, 0.1) is 6.92 Å². The zero-order valence-electron chi connectivity index (χ0n) is 15.7. The number of amides is 1. The standard InChI is InChI=1S/C18H30N2O3S/c1-7-15(8-2)19(6)18(21)17-13-16(12-11-14(17)5)24(22,23)20(9-3)10-4/h11-13,15H,7-10H2,1-6H3. The second-order valence-electron chi connectivity index (χ2n) is 5.95. The summed E-state index contributed by atoms with van der Waals surface area (Å²) in [5.74, 6) is -0.127. The summed E-state index contributed by atoms with van der Waals surface area (Å²) in [7, 11) is -1.79. The first-order chi connectivity index (χ1) is 11.2. The first kappa shape index (κ1) is 20.6. The Balaban J connectivity index is 3.31. The Labute approximate surface area is 146 Å². The molecular formula is C18H30N2O3S. The van der Waals surface area contributed by atoms with Gasteiger partial charge in [0.15, 0.2) is 0 Å². The Kier molecular flexibility index (Phi) is 7.42. The van der Waals surface area contributed by atoms with Crippen molar-refractivity contribution in [3.8, 4) is 0 Å². The number of nitrogens with zero attached hydrogens (tertiary/aromatic N) is 2. The van der Waals surface area contributed by atoms with Gasteiger partial charge in [-0.15, -0.1) is 0 Å². The molecule has 0 saturated carbocycles. The number of aryl methyl sites for hydroxylation is 1. The number of benzene rings is 1. The summed E-state index contributed by atoms with van der Waals surface area (Å²) in [4.78, 5) is 14.7. The van der Waals surface area contributed by atoms with Gasteiger partial charge in [0.2, 0.25) is 10.0 Å². The molecule has 1 aromatic rings. The molecule has 0 fully saturated rings. The molecule has 0 bridgehead atoms. The summed E-state index contributed by atoms with van der Waals surface area (Å²) in [5, 5.41) is 0. The molecule has 0 radical (unpaired) electrons. The average Bonchev–Trinajstić information content (AvgIpc) is 2.56. The molecule has 0 N–H and O–H groups in total. The van der Waals surface area contributed by atoms with Crippen molar-refractivity contribution in [2.45, 2.75) is 58.4 Å². The van der Waals surface area contributed by atoms with Crippen LogP contribution in [0.25, 0.3) is 0 Å². The fraction of sp³-hybridized carbons (Fsp3) is 0.611. The molecule has 0 aliphatic heterocycles. The molecule has 0 aliphatic carbocycles. The quantitative estimate of drug-likeness (QED) is 0.720. The first-order valence-electron chi connectivity index (χ1n) is 8.62. The molecule has 0 unspecified atom stereocenters. The van der Waals surface area contributed by atoms with Gasteiger partial charge in [-0.3, -0.25) is 4.79 Å². The van der Waals surface area contributed by atoms with E-state index in [0.717, 1.165) is 18.4 Å². The Morgan fingerprint density at radius 1 is 1.08 bits per heavy atom. The van der Waals surface area contributed by atoms with E-state index in [1.54, 1.807) is 24.1 Å². The number of hydrogen-bond donors (Lipinski definition) is 0. The van der Waals surface area contributed by atoms with Gasteiger partial charge < -0.3 is 4.90 Å². The SMILES string of the molecule is CCC(CC)N(C)C(=O)c1cc(S(=O)(=O)N(CC)CC)ccc1C. The van der Waals surface area contributed by atoms with Crippen LogP contribution in [0.3, 0.4) is 0 Å². The molecule has 6 heteroatoms. The Hall–Kier alpha value is -1.40. The molecule has 5 nitrogen and oxygen atoms in total. The maximum atomic E-state index is 12.8. The largest absolute Gasteiger partial charge is 0.339 e. The van der Waals surface area contributed by atoms with Gasteiger partial charge in [0.05, 0.1) is 4.90 Å². The first-order valence-corrected chi connectivity index (χ1v) is 10.1. The maximum absolute atomic E-state index is 12.8. The predicted octanol–water partition coefficient (Wildman–Crippen LogP) is 3.29. The molecule has 24 heavy (non-hydrogen) atoms. The van der Waals surface area contributed by atoms with Gasteiger partial charge >= 0.3 is 0 Å². The lowest BCUT2D eigenvalue weighted by atomic mass is 10.1. The van der Waals surface area contributed by atoms with Crippen molar-refractivity contribution in [3.63, 3.8) is 0 Å². The third kappa shape index (κ3) is 4.16. The van der Waals surface area contributed by atoms with E-state index in [2.05, 4.69) is 0 Å². The predicted molar refractivity (Wildman–Crippen MR) is 97.7 cm³/mol. The number of hydrogen-bond acceptors (Lipinski definition) is 3. The molecule has 0 atom stereocenters. The smallest absolute Gasteiger partial charge is 0.254 e. The van der Waals surface area contributed by atoms with E-state index < -0.39 is 10.0 Å².